The minimum absolute atomic E-state index is 0.0111. The van der Waals surface area contributed by atoms with Crippen LogP contribution in [0.15, 0.2) is 29.2 Å². The summed E-state index contributed by atoms with van der Waals surface area (Å²) in [6.07, 6.45) is 5.63. The van der Waals surface area contributed by atoms with Gasteiger partial charge >= 0.3 is 5.97 Å². The van der Waals surface area contributed by atoms with Crippen molar-refractivity contribution in [1.82, 2.24) is 5.32 Å². The van der Waals surface area contributed by atoms with Gasteiger partial charge in [0.25, 0.3) is 0 Å². The van der Waals surface area contributed by atoms with Crippen molar-refractivity contribution in [3.05, 3.63) is 29.8 Å². The van der Waals surface area contributed by atoms with Crippen LogP contribution in [-0.4, -0.2) is 35.6 Å². The molecule has 2 rings (SSSR count). The molecule has 0 unspecified atom stereocenters. The summed E-state index contributed by atoms with van der Waals surface area (Å²) in [7, 11) is 0. The molecule has 1 aromatic rings. The van der Waals surface area contributed by atoms with E-state index in [1.807, 2.05) is 13.0 Å². The molecule has 28 heavy (non-hydrogen) atoms. The molecule has 0 radical (unpaired) electrons. The van der Waals surface area contributed by atoms with Crippen LogP contribution < -0.4 is 5.32 Å². The lowest BCUT2D eigenvalue weighted by atomic mass is 9.91. The Bertz CT molecular complexity index is 705. The number of carbonyl (C=O) groups is 3. The van der Waals surface area contributed by atoms with Crippen molar-refractivity contribution in [3.63, 3.8) is 0 Å². The number of ketones is 1. The third kappa shape index (κ3) is 6.66. The molecule has 0 aromatic heterocycles. The van der Waals surface area contributed by atoms with E-state index in [4.69, 9.17) is 4.74 Å². The van der Waals surface area contributed by atoms with Gasteiger partial charge in [0.2, 0.25) is 5.91 Å². The van der Waals surface area contributed by atoms with Crippen LogP contribution >= 0.6 is 11.8 Å². The molecule has 1 aliphatic rings. The first-order valence-corrected chi connectivity index (χ1v) is 10.8. The van der Waals surface area contributed by atoms with Gasteiger partial charge in [0.05, 0.1) is 10.8 Å². The van der Waals surface area contributed by atoms with E-state index < -0.39 is 11.4 Å². The van der Waals surface area contributed by atoms with E-state index in [1.165, 1.54) is 18.2 Å². The van der Waals surface area contributed by atoms with Crippen LogP contribution in [0.25, 0.3) is 0 Å². The molecule has 1 N–H and O–H groups in total. The van der Waals surface area contributed by atoms with Crippen LogP contribution in [0.3, 0.4) is 0 Å². The zero-order chi connectivity index (χ0) is 20.7. The van der Waals surface area contributed by atoms with E-state index in [9.17, 15) is 14.4 Å². The predicted octanol–water partition coefficient (Wildman–Crippen LogP) is 4.39. The van der Waals surface area contributed by atoms with Crippen molar-refractivity contribution in [2.75, 3.05) is 6.61 Å². The molecule has 1 aromatic carbocycles. The van der Waals surface area contributed by atoms with E-state index in [1.54, 1.807) is 39.0 Å². The maximum absolute atomic E-state index is 12.5. The Morgan fingerprint density at radius 1 is 1.14 bits per heavy atom. The number of ether oxygens (including phenoxy) is 1. The molecule has 5 nitrogen and oxygen atoms in total. The normalized spacial score (nSPS) is 16.3. The number of amides is 1. The van der Waals surface area contributed by atoms with Crippen LogP contribution in [0.4, 0.5) is 0 Å². The molecule has 0 spiro atoms. The number of nitrogens with one attached hydrogen (secondary N) is 1. The second-order valence-electron chi connectivity index (χ2n) is 8.35. The summed E-state index contributed by atoms with van der Waals surface area (Å²) in [4.78, 5) is 37.7. The summed E-state index contributed by atoms with van der Waals surface area (Å²) >= 11 is 1.34. The second-order valence-corrected chi connectivity index (χ2v) is 9.73. The minimum Gasteiger partial charge on any atom is -0.454 e. The Balaban J connectivity index is 1.97. The van der Waals surface area contributed by atoms with Crippen molar-refractivity contribution in [2.45, 2.75) is 76.0 Å². The van der Waals surface area contributed by atoms with E-state index in [-0.39, 0.29) is 29.6 Å². The number of hydrogen-bond donors (Lipinski definition) is 1. The summed E-state index contributed by atoms with van der Waals surface area (Å²) in [6, 6.07) is 7.30. The Labute approximate surface area is 172 Å². The maximum atomic E-state index is 12.5. The van der Waals surface area contributed by atoms with Gasteiger partial charge in [-0.3, -0.25) is 9.59 Å². The molecular weight excluding hydrogens is 374 g/mol. The highest BCUT2D eigenvalue weighted by molar-refractivity contribution is 8.00. The van der Waals surface area contributed by atoms with Crippen molar-refractivity contribution in [3.8, 4) is 0 Å². The number of carbonyl (C=O) groups excluding carboxylic acids is 3. The summed E-state index contributed by atoms with van der Waals surface area (Å²) in [5, 5.41) is 2.80. The topological polar surface area (TPSA) is 72.5 Å². The van der Waals surface area contributed by atoms with Gasteiger partial charge < -0.3 is 10.1 Å². The standard InChI is InChI=1S/C22H31NO4S/c1-15(20(25)23-16-10-6-5-7-11-16)28-18-13-9-8-12-17(18)21(26)27-14-19(24)22(2,3)4/h8-9,12-13,15-16H,5-7,10-11,14H2,1-4H3,(H,23,25)/t15-/m0/s1. The first-order chi connectivity index (χ1) is 13.2. The first kappa shape index (κ1) is 22.5. The van der Waals surface area contributed by atoms with Gasteiger partial charge in [-0.25, -0.2) is 4.79 Å². The van der Waals surface area contributed by atoms with Crippen LogP contribution in [0.5, 0.6) is 0 Å². The molecule has 0 heterocycles. The number of benzene rings is 1. The lowest BCUT2D eigenvalue weighted by Crippen LogP contribution is -2.40. The van der Waals surface area contributed by atoms with Crippen molar-refractivity contribution in [1.29, 1.82) is 0 Å². The molecular formula is C22H31NO4S. The van der Waals surface area contributed by atoms with Gasteiger partial charge in [-0.05, 0) is 31.9 Å². The Hall–Kier alpha value is -1.82. The molecule has 1 amide bonds. The lowest BCUT2D eigenvalue weighted by Gasteiger charge is -2.24. The monoisotopic (exact) mass is 405 g/mol. The van der Waals surface area contributed by atoms with Crippen LogP contribution in [0, 0.1) is 5.41 Å². The van der Waals surface area contributed by atoms with Gasteiger partial charge in [0, 0.05) is 16.4 Å². The molecule has 1 atom stereocenters. The Morgan fingerprint density at radius 3 is 2.43 bits per heavy atom. The van der Waals surface area contributed by atoms with E-state index >= 15 is 0 Å². The Morgan fingerprint density at radius 2 is 1.79 bits per heavy atom. The summed E-state index contributed by atoms with van der Waals surface area (Å²) < 4.78 is 5.22. The second kappa shape index (κ2) is 10.1. The van der Waals surface area contributed by atoms with Gasteiger partial charge in [0.1, 0.15) is 0 Å². The summed E-state index contributed by atoms with van der Waals surface area (Å²) in [5.74, 6) is -0.685. The molecule has 1 fully saturated rings. The number of Topliss-reactive ketones (excluding diaryl/α,β-unsaturated/α-hetero) is 1. The summed E-state index contributed by atoms with van der Waals surface area (Å²) in [5.41, 5.74) is -0.174. The van der Waals surface area contributed by atoms with Gasteiger partial charge in [0.15, 0.2) is 12.4 Å². The highest BCUT2D eigenvalue weighted by atomic mass is 32.2. The average Bonchev–Trinajstić information content (AvgIpc) is 2.66. The quantitative estimate of drug-likeness (QED) is 0.538. The van der Waals surface area contributed by atoms with Crippen molar-refractivity contribution < 1.29 is 19.1 Å². The number of hydrogen-bond acceptors (Lipinski definition) is 5. The van der Waals surface area contributed by atoms with E-state index in [0.29, 0.717) is 10.5 Å². The van der Waals surface area contributed by atoms with E-state index in [2.05, 4.69) is 5.32 Å². The molecule has 0 bridgehead atoms. The molecule has 154 valence electrons. The maximum Gasteiger partial charge on any atom is 0.339 e. The summed E-state index contributed by atoms with van der Waals surface area (Å²) in [6.45, 7) is 6.96. The third-order valence-electron chi connectivity index (χ3n) is 4.90. The van der Waals surface area contributed by atoms with Gasteiger partial charge in [-0.1, -0.05) is 52.2 Å². The highest BCUT2D eigenvalue weighted by Gasteiger charge is 2.25. The average molecular weight is 406 g/mol. The molecule has 1 aliphatic carbocycles. The van der Waals surface area contributed by atoms with Crippen molar-refractivity contribution in [2.24, 2.45) is 5.41 Å². The third-order valence-corrected chi connectivity index (χ3v) is 6.08. The smallest absolute Gasteiger partial charge is 0.339 e. The molecule has 0 aliphatic heterocycles. The predicted molar refractivity (Wildman–Crippen MR) is 112 cm³/mol. The van der Waals surface area contributed by atoms with Gasteiger partial charge in [-0.2, -0.15) is 0 Å². The number of esters is 1. The zero-order valence-electron chi connectivity index (χ0n) is 17.2. The van der Waals surface area contributed by atoms with Crippen molar-refractivity contribution >= 4 is 29.4 Å². The molecule has 0 saturated heterocycles. The van der Waals surface area contributed by atoms with Crippen LogP contribution in [0.1, 0.15) is 70.2 Å². The largest absolute Gasteiger partial charge is 0.454 e. The number of rotatable bonds is 7. The number of thioether (sulfide) groups is 1. The molecule has 1 saturated carbocycles. The SMILES string of the molecule is C[C@H](Sc1ccccc1C(=O)OCC(=O)C(C)(C)C)C(=O)NC1CCCCC1. The molecule has 6 heteroatoms. The fourth-order valence-corrected chi connectivity index (χ4v) is 3.96. The van der Waals surface area contributed by atoms with E-state index in [0.717, 1.165) is 25.7 Å². The fraction of sp³-hybridized carbons (Fsp3) is 0.591. The van der Waals surface area contributed by atoms with Crippen LogP contribution in [-0.2, 0) is 14.3 Å². The Kier molecular flexibility index (Phi) is 8.10. The lowest BCUT2D eigenvalue weighted by molar-refractivity contribution is -0.129. The van der Waals surface area contributed by atoms with Gasteiger partial charge in [-0.15, -0.1) is 11.8 Å². The minimum atomic E-state index is -0.555. The zero-order valence-corrected chi connectivity index (χ0v) is 18.1. The first-order valence-electron chi connectivity index (χ1n) is 9.95. The highest BCUT2D eigenvalue weighted by Crippen LogP contribution is 2.28. The fourth-order valence-electron chi connectivity index (χ4n) is 2.97. The van der Waals surface area contributed by atoms with Crippen LogP contribution in [0.2, 0.25) is 0 Å².